The van der Waals surface area contributed by atoms with Gasteiger partial charge in [0, 0.05) is 19.3 Å². The number of hydrogen-bond donors (Lipinski definition) is 2. The van der Waals surface area contributed by atoms with Gasteiger partial charge in [0.05, 0.1) is 18.8 Å². The minimum Gasteiger partial charge on any atom is -0.490 e. The van der Waals surface area contributed by atoms with Gasteiger partial charge < -0.3 is 19.9 Å². The largest absolute Gasteiger partial charge is 0.490 e. The number of carbonyl (C=O) groups excluding carboxylic acids is 1. The third-order valence-corrected chi connectivity index (χ3v) is 5.49. The number of aryl methyl sites for hydroxylation is 1. The van der Waals surface area contributed by atoms with Crippen LogP contribution in [0.2, 0.25) is 0 Å². The molecule has 0 saturated carbocycles. The fraction of sp³-hybridized carbons (Fsp3) is 0.417. The normalized spacial score (nSPS) is 12.8. The van der Waals surface area contributed by atoms with E-state index in [9.17, 15) is 14.7 Å². The molecule has 10 nitrogen and oxygen atoms in total. The summed E-state index contributed by atoms with van der Waals surface area (Å²) in [6, 6.07) is 3.97. The Hall–Kier alpha value is -3.73. The summed E-state index contributed by atoms with van der Waals surface area (Å²) in [5, 5.41) is 16.7. The highest BCUT2D eigenvalue weighted by Crippen LogP contribution is 2.30. The Morgan fingerprint density at radius 3 is 2.63 bits per heavy atom. The average molecular weight is 488 g/mol. The molecule has 0 saturated heterocycles. The highest BCUT2D eigenvalue weighted by Gasteiger charge is 2.24. The molecule has 2 atom stereocenters. The summed E-state index contributed by atoms with van der Waals surface area (Å²) in [6.07, 6.45) is 1.75. The number of rotatable bonds is 9. The number of benzene rings is 1. The second-order valence-electron chi connectivity index (χ2n) is 8.27. The Morgan fingerprint density at radius 2 is 2.03 bits per heavy atom. The van der Waals surface area contributed by atoms with Crippen LogP contribution in [-0.4, -0.2) is 43.6 Å². The number of halogens is 1. The number of aliphatic hydroxyl groups is 1. The van der Waals surface area contributed by atoms with E-state index in [0.717, 1.165) is 21.7 Å². The molecule has 0 aliphatic rings. The number of aliphatic hydroxyl groups excluding tert-OH is 1. The zero-order valence-corrected chi connectivity index (χ0v) is 20.6. The van der Waals surface area contributed by atoms with Gasteiger partial charge in [-0.2, -0.15) is 4.68 Å². The Bertz CT molecular complexity index is 1280. The lowest BCUT2D eigenvalue weighted by Gasteiger charge is -2.19. The van der Waals surface area contributed by atoms with Crippen molar-refractivity contribution < 1.29 is 23.8 Å². The highest BCUT2D eigenvalue weighted by atomic mass is 19.1. The quantitative estimate of drug-likeness (QED) is 0.475. The van der Waals surface area contributed by atoms with Gasteiger partial charge in [0.2, 0.25) is 5.88 Å². The number of carbonyl (C=O) groups is 1. The number of methoxy groups -OCH3 is 1. The molecule has 1 aromatic carbocycles. The maximum atomic E-state index is 15.3. The number of nitrogens with zero attached hydrogens (tertiary/aromatic N) is 4. The smallest absolute Gasteiger partial charge is 0.350 e. The molecule has 3 rings (SSSR count). The van der Waals surface area contributed by atoms with Gasteiger partial charge in [-0.25, -0.2) is 14.2 Å². The Kier molecular flexibility index (Phi) is 7.90. The first-order valence-electron chi connectivity index (χ1n) is 11.2. The minimum absolute atomic E-state index is 0.0668. The van der Waals surface area contributed by atoms with E-state index < -0.39 is 23.5 Å². The number of pyridine rings is 1. The minimum atomic E-state index is -1.04. The van der Waals surface area contributed by atoms with E-state index in [4.69, 9.17) is 9.47 Å². The average Bonchev–Trinajstić information content (AvgIpc) is 3.10. The molecule has 35 heavy (non-hydrogen) atoms. The predicted molar refractivity (Wildman–Crippen MR) is 128 cm³/mol. The van der Waals surface area contributed by atoms with Crippen molar-refractivity contribution in [1.82, 2.24) is 19.3 Å². The maximum absolute atomic E-state index is 15.3. The summed E-state index contributed by atoms with van der Waals surface area (Å²) in [5.41, 5.74) is 0.122. The van der Waals surface area contributed by atoms with Crippen LogP contribution in [0.4, 0.5) is 10.1 Å². The van der Waals surface area contributed by atoms with Crippen LogP contribution in [0.25, 0.3) is 5.69 Å². The van der Waals surface area contributed by atoms with Gasteiger partial charge in [-0.1, -0.05) is 13.3 Å². The molecule has 11 heteroatoms. The van der Waals surface area contributed by atoms with E-state index in [0.29, 0.717) is 17.7 Å². The lowest BCUT2D eigenvalue weighted by Crippen LogP contribution is -2.24. The van der Waals surface area contributed by atoms with E-state index in [1.165, 1.54) is 27.1 Å². The lowest BCUT2D eigenvalue weighted by molar-refractivity contribution is 0.101. The monoisotopic (exact) mass is 487 g/mol. The molecule has 2 heterocycles. The fourth-order valence-corrected chi connectivity index (χ4v) is 3.66. The van der Waals surface area contributed by atoms with Crippen molar-refractivity contribution in [3.05, 3.63) is 57.6 Å². The molecular weight excluding hydrogens is 457 g/mol. The number of nitrogens with one attached hydrogen (secondary N) is 1. The summed E-state index contributed by atoms with van der Waals surface area (Å²) in [4.78, 5) is 30.0. The first-order valence-corrected chi connectivity index (χ1v) is 11.2. The van der Waals surface area contributed by atoms with Crippen LogP contribution in [0.15, 0.2) is 29.2 Å². The molecule has 0 spiro atoms. The molecule has 1 amide bonds. The second kappa shape index (κ2) is 10.7. The SMILES string of the molecule is CCC[C@H](C)Oc1cc(-n2nc([C@H](C)O)n(C)c2=O)c(F)cc1C(=O)Nc1c(C)ccnc1OC. The molecule has 0 unspecified atom stereocenters. The molecule has 0 fully saturated rings. The number of hydrogen-bond acceptors (Lipinski definition) is 7. The third kappa shape index (κ3) is 5.35. The van der Waals surface area contributed by atoms with Crippen LogP contribution in [0.1, 0.15) is 61.5 Å². The predicted octanol–water partition coefficient (Wildman–Crippen LogP) is 3.30. The van der Waals surface area contributed by atoms with E-state index in [2.05, 4.69) is 15.4 Å². The molecule has 2 N–H and O–H groups in total. The van der Waals surface area contributed by atoms with Gasteiger partial charge in [-0.05, 0) is 44.9 Å². The molecular formula is C24H30FN5O5. The van der Waals surface area contributed by atoms with Crippen LogP contribution in [0.3, 0.4) is 0 Å². The molecule has 0 radical (unpaired) electrons. The van der Waals surface area contributed by atoms with Crippen LogP contribution < -0.4 is 20.5 Å². The Balaban J connectivity index is 2.12. The van der Waals surface area contributed by atoms with Crippen molar-refractivity contribution in [2.24, 2.45) is 7.05 Å². The zero-order valence-electron chi connectivity index (χ0n) is 20.6. The number of ether oxygens (including phenoxy) is 2. The molecule has 3 aromatic rings. The summed E-state index contributed by atoms with van der Waals surface area (Å²) < 4.78 is 28.5. The van der Waals surface area contributed by atoms with E-state index >= 15 is 4.39 Å². The topological polar surface area (TPSA) is 120 Å². The second-order valence-corrected chi connectivity index (χ2v) is 8.27. The van der Waals surface area contributed by atoms with Crippen LogP contribution in [0, 0.1) is 12.7 Å². The number of anilines is 1. The summed E-state index contributed by atoms with van der Waals surface area (Å²) >= 11 is 0. The van der Waals surface area contributed by atoms with Gasteiger partial charge in [0.25, 0.3) is 5.91 Å². The maximum Gasteiger partial charge on any atom is 0.350 e. The van der Waals surface area contributed by atoms with Crippen molar-refractivity contribution in [2.75, 3.05) is 12.4 Å². The summed E-state index contributed by atoms with van der Waals surface area (Å²) in [7, 11) is 2.86. The molecule has 0 bridgehead atoms. The van der Waals surface area contributed by atoms with Crippen molar-refractivity contribution in [1.29, 1.82) is 0 Å². The van der Waals surface area contributed by atoms with E-state index in [-0.39, 0.29) is 34.8 Å². The lowest BCUT2D eigenvalue weighted by atomic mass is 10.1. The van der Waals surface area contributed by atoms with Gasteiger partial charge in [-0.15, -0.1) is 5.10 Å². The standard InChI is InChI=1S/C24H30FN5O5/c1-7-8-14(3)35-19-12-18(30-24(33)29(5)21(28-30)15(4)31)17(25)11-16(19)22(32)27-20-13(2)9-10-26-23(20)34-6/h9-12,14-15,31H,7-8H2,1-6H3,(H,27,32)/t14-,15-/m0/s1. The summed E-state index contributed by atoms with van der Waals surface area (Å²) in [6.45, 7) is 7.05. The third-order valence-electron chi connectivity index (χ3n) is 5.49. The van der Waals surface area contributed by atoms with Gasteiger partial charge in [0.15, 0.2) is 5.82 Å². The van der Waals surface area contributed by atoms with Gasteiger partial charge in [-0.3, -0.25) is 9.36 Å². The van der Waals surface area contributed by atoms with Gasteiger partial charge >= 0.3 is 5.69 Å². The fourth-order valence-electron chi connectivity index (χ4n) is 3.66. The molecule has 0 aliphatic carbocycles. The molecule has 2 aromatic heterocycles. The van der Waals surface area contributed by atoms with Gasteiger partial charge in [0.1, 0.15) is 29.0 Å². The van der Waals surface area contributed by atoms with Crippen molar-refractivity contribution in [2.45, 2.75) is 52.7 Å². The molecule has 188 valence electrons. The molecule has 0 aliphatic heterocycles. The van der Waals surface area contributed by atoms with Crippen molar-refractivity contribution in [3.8, 4) is 17.3 Å². The first-order chi connectivity index (χ1) is 16.6. The zero-order chi connectivity index (χ0) is 25.9. The number of aromatic nitrogens is 4. The van der Waals surface area contributed by atoms with Crippen LogP contribution in [-0.2, 0) is 7.05 Å². The first kappa shape index (κ1) is 25.9. The van der Waals surface area contributed by atoms with E-state index in [1.807, 2.05) is 13.8 Å². The van der Waals surface area contributed by atoms with Crippen LogP contribution >= 0.6 is 0 Å². The number of amides is 1. The van der Waals surface area contributed by atoms with E-state index in [1.54, 1.807) is 19.2 Å². The van der Waals surface area contributed by atoms with Crippen molar-refractivity contribution >= 4 is 11.6 Å². The Morgan fingerprint density at radius 1 is 1.31 bits per heavy atom. The van der Waals surface area contributed by atoms with Crippen molar-refractivity contribution in [3.63, 3.8) is 0 Å². The highest BCUT2D eigenvalue weighted by molar-refractivity contribution is 6.07. The Labute approximate surface area is 202 Å². The summed E-state index contributed by atoms with van der Waals surface area (Å²) in [5.74, 6) is -1.14. The van der Waals surface area contributed by atoms with Crippen LogP contribution in [0.5, 0.6) is 11.6 Å².